The molecule has 0 bridgehead atoms. The van der Waals surface area contributed by atoms with Crippen LogP contribution in [0.15, 0.2) is 22.5 Å². The van der Waals surface area contributed by atoms with E-state index in [1.807, 2.05) is 22.5 Å². The Labute approximate surface area is 61.3 Å². The van der Waals surface area contributed by atoms with E-state index in [0.29, 0.717) is 0 Å². The van der Waals surface area contributed by atoms with Gasteiger partial charge in [0.05, 0.1) is 0 Å². The quantitative estimate of drug-likeness (QED) is 0.659. The molecular formula is C5H5IN2. The molecule has 0 aliphatic rings. The molecule has 0 saturated heterocycles. The number of hydrogen-bond acceptors (Lipinski definition) is 1. The summed E-state index contributed by atoms with van der Waals surface area (Å²) in [7, 11) is 0. The van der Waals surface area contributed by atoms with Gasteiger partial charge in [-0.3, -0.25) is 0 Å². The van der Waals surface area contributed by atoms with Crippen molar-refractivity contribution in [2.75, 3.05) is 0 Å². The van der Waals surface area contributed by atoms with Crippen molar-refractivity contribution in [2.45, 2.75) is 0 Å². The van der Waals surface area contributed by atoms with Crippen LogP contribution in [0.4, 0.5) is 0 Å². The second kappa shape index (κ2) is 2.86. The minimum absolute atomic E-state index is 1.74. The Morgan fingerprint density at radius 2 is 2.50 bits per heavy atom. The Hall–Kier alpha value is -0.320. The summed E-state index contributed by atoms with van der Waals surface area (Å²) in [6, 6.07) is 1.89. The van der Waals surface area contributed by atoms with Crippen LogP contribution < -0.4 is 0 Å². The molecule has 0 aromatic carbocycles. The lowest BCUT2D eigenvalue weighted by Crippen LogP contribution is -1.81. The van der Waals surface area contributed by atoms with E-state index < -0.39 is 0 Å². The first-order valence-electron chi connectivity index (χ1n) is 2.19. The maximum Gasteiger partial charge on any atom is 0.0493 e. The number of rotatable bonds is 1. The molecule has 0 aliphatic carbocycles. The van der Waals surface area contributed by atoms with Crippen molar-refractivity contribution in [3.8, 4) is 0 Å². The highest BCUT2D eigenvalue weighted by atomic mass is 127. The van der Waals surface area contributed by atoms with E-state index in [1.165, 1.54) is 0 Å². The van der Waals surface area contributed by atoms with E-state index in [2.05, 4.69) is 27.7 Å². The van der Waals surface area contributed by atoms with Crippen molar-refractivity contribution < 1.29 is 0 Å². The second-order valence-corrected chi connectivity index (χ2v) is 1.98. The summed E-state index contributed by atoms with van der Waals surface area (Å²) >= 11 is 2.15. The molecule has 0 fully saturated rings. The average Bonchev–Trinajstić information content (AvgIpc) is 2.19. The Kier molecular flexibility index (Phi) is 2.08. The third-order valence-electron chi connectivity index (χ3n) is 0.734. The van der Waals surface area contributed by atoms with Crippen molar-refractivity contribution in [1.29, 1.82) is 0 Å². The monoisotopic (exact) mass is 220 g/mol. The van der Waals surface area contributed by atoms with Gasteiger partial charge in [-0.15, -0.1) is 0 Å². The molecule has 1 heterocycles. The number of halogens is 1. The highest BCUT2D eigenvalue weighted by molar-refractivity contribution is 14.1. The molecule has 0 unspecified atom stereocenters. The fourth-order valence-corrected chi connectivity index (χ4v) is 0.756. The lowest BCUT2D eigenvalue weighted by atomic mass is 10.7. The first-order valence-corrected chi connectivity index (χ1v) is 3.44. The summed E-state index contributed by atoms with van der Waals surface area (Å²) < 4.78 is 3.65. The standard InChI is InChI=1S/C5H5IN2/c6-2-5-8-4-1-3-7-8/h1-5H/b5-2+. The van der Waals surface area contributed by atoms with Crippen LogP contribution in [0.25, 0.3) is 6.20 Å². The summed E-state index contributed by atoms with van der Waals surface area (Å²) in [5.41, 5.74) is 0. The van der Waals surface area contributed by atoms with Crippen LogP contribution in [0.2, 0.25) is 0 Å². The second-order valence-electron chi connectivity index (χ2n) is 1.26. The summed E-state index contributed by atoms with van der Waals surface area (Å²) in [5.74, 6) is 0. The molecule has 1 rings (SSSR count). The van der Waals surface area contributed by atoms with E-state index in [0.717, 1.165) is 0 Å². The highest BCUT2D eigenvalue weighted by Gasteiger charge is 1.75. The van der Waals surface area contributed by atoms with Crippen molar-refractivity contribution in [3.05, 3.63) is 22.5 Å². The van der Waals surface area contributed by atoms with E-state index in [-0.39, 0.29) is 0 Å². The zero-order valence-electron chi connectivity index (χ0n) is 4.16. The molecule has 0 aliphatic heterocycles. The van der Waals surface area contributed by atoms with Gasteiger partial charge in [-0.05, 0) is 10.1 Å². The fraction of sp³-hybridized carbons (Fsp3) is 0. The summed E-state index contributed by atoms with van der Waals surface area (Å²) in [6.45, 7) is 0. The summed E-state index contributed by atoms with van der Waals surface area (Å²) in [5, 5.41) is 3.93. The number of hydrogen-bond donors (Lipinski definition) is 0. The predicted octanol–water partition coefficient (Wildman–Crippen LogP) is 1.75. The molecule has 1 aromatic rings. The van der Waals surface area contributed by atoms with Gasteiger partial charge in [0.15, 0.2) is 0 Å². The van der Waals surface area contributed by atoms with Crippen LogP contribution in [0.5, 0.6) is 0 Å². The van der Waals surface area contributed by atoms with Crippen molar-refractivity contribution in [2.24, 2.45) is 0 Å². The molecule has 0 atom stereocenters. The van der Waals surface area contributed by atoms with Gasteiger partial charge in [0.1, 0.15) is 0 Å². The van der Waals surface area contributed by atoms with Gasteiger partial charge in [-0.2, -0.15) is 5.10 Å². The molecular weight excluding hydrogens is 215 g/mol. The highest BCUT2D eigenvalue weighted by Crippen LogP contribution is 1.88. The molecule has 8 heavy (non-hydrogen) atoms. The lowest BCUT2D eigenvalue weighted by molar-refractivity contribution is 0.936. The van der Waals surface area contributed by atoms with Crippen molar-refractivity contribution in [1.82, 2.24) is 9.78 Å². The van der Waals surface area contributed by atoms with Crippen molar-refractivity contribution >= 4 is 28.8 Å². The molecule has 1 aromatic heterocycles. The molecule has 0 spiro atoms. The fourth-order valence-electron chi connectivity index (χ4n) is 0.427. The van der Waals surface area contributed by atoms with E-state index in [4.69, 9.17) is 0 Å². The Morgan fingerprint density at radius 3 is 3.00 bits per heavy atom. The lowest BCUT2D eigenvalue weighted by Gasteiger charge is -1.82. The van der Waals surface area contributed by atoms with Gasteiger partial charge in [-0.1, -0.05) is 22.6 Å². The van der Waals surface area contributed by atoms with Gasteiger partial charge < -0.3 is 0 Å². The van der Waals surface area contributed by atoms with E-state index in [9.17, 15) is 0 Å². The number of aromatic nitrogens is 2. The average molecular weight is 220 g/mol. The van der Waals surface area contributed by atoms with Gasteiger partial charge in [0.25, 0.3) is 0 Å². The van der Waals surface area contributed by atoms with Gasteiger partial charge in [0.2, 0.25) is 0 Å². The minimum atomic E-state index is 1.74. The Balaban J connectivity index is 2.77. The third kappa shape index (κ3) is 1.33. The largest absolute Gasteiger partial charge is 0.248 e. The molecule has 2 nitrogen and oxygen atoms in total. The van der Waals surface area contributed by atoms with E-state index in [1.54, 1.807) is 10.9 Å². The summed E-state index contributed by atoms with van der Waals surface area (Å²) in [4.78, 5) is 0. The van der Waals surface area contributed by atoms with Crippen LogP contribution in [-0.4, -0.2) is 9.78 Å². The Morgan fingerprint density at radius 1 is 1.62 bits per heavy atom. The van der Waals surface area contributed by atoms with Gasteiger partial charge >= 0.3 is 0 Å². The van der Waals surface area contributed by atoms with Crippen molar-refractivity contribution in [3.63, 3.8) is 0 Å². The summed E-state index contributed by atoms with van der Waals surface area (Å²) in [6.07, 6.45) is 5.51. The topological polar surface area (TPSA) is 17.8 Å². The number of nitrogens with zero attached hydrogens (tertiary/aromatic N) is 2. The molecule has 0 N–H and O–H groups in total. The molecule has 42 valence electrons. The molecule has 0 amide bonds. The van der Waals surface area contributed by atoms with Crippen LogP contribution in [0.1, 0.15) is 0 Å². The Bertz CT molecular complexity index is 167. The molecule has 0 saturated carbocycles. The van der Waals surface area contributed by atoms with Crippen LogP contribution in [0.3, 0.4) is 0 Å². The van der Waals surface area contributed by atoms with E-state index >= 15 is 0 Å². The maximum atomic E-state index is 3.93. The van der Waals surface area contributed by atoms with Crippen LogP contribution in [0, 0.1) is 0 Å². The SMILES string of the molecule is I/C=C/n1cccn1. The first-order chi connectivity index (χ1) is 3.93. The normalized spacial score (nSPS) is 10.6. The van der Waals surface area contributed by atoms with Gasteiger partial charge in [-0.25, -0.2) is 4.68 Å². The molecule has 3 heteroatoms. The minimum Gasteiger partial charge on any atom is -0.248 e. The third-order valence-corrected chi connectivity index (χ3v) is 1.06. The van der Waals surface area contributed by atoms with Crippen LogP contribution in [-0.2, 0) is 0 Å². The smallest absolute Gasteiger partial charge is 0.0493 e. The zero-order chi connectivity index (χ0) is 5.82. The zero-order valence-corrected chi connectivity index (χ0v) is 6.32. The van der Waals surface area contributed by atoms with Gasteiger partial charge in [0, 0.05) is 18.6 Å². The van der Waals surface area contributed by atoms with Crippen LogP contribution >= 0.6 is 22.6 Å². The predicted molar refractivity (Wildman–Crippen MR) is 41.6 cm³/mol. The first kappa shape index (κ1) is 5.81. The molecule has 0 radical (unpaired) electrons. The maximum absolute atomic E-state index is 3.93.